The highest BCUT2D eigenvalue weighted by Gasteiger charge is 2.62. The van der Waals surface area contributed by atoms with E-state index in [2.05, 4.69) is 5.73 Å². The minimum absolute atomic E-state index is 0. The van der Waals surface area contributed by atoms with Crippen LogP contribution in [-0.4, -0.2) is 12.1 Å². The van der Waals surface area contributed by atoms with Crippen LogP contribution in [0.1, 0.15) is 17.2 Å². The van der Waals surface area contributed by atoms with Crippen molar-refractivity contribution < 1.29 is 39.5 Å². The molecule has 0 heterocycles. The van der Waals surface area contributed by atoms with E-state index in [0.29, 0.717) is 12.1 Å². The first-order valence-electron chi connectivity index (χ1n) is 4.86. The largest absolute Gasteiger partial charge is 0.455 e. The predicted molar refractivity (Wildman–Crippen MR) is 56.6 cm³/mol. The number of hydrogen-bond donors (Lipinski definition) is 1. The van der Waals surface area contributed by atoms with Crippen LogP contribution >= 0.6 is 12.4 Å². The first kappa shape index (κ1) is 19.8. The van der Waals surface area contributed by atoms with Crippen molar-refractivity contribution >= 4 is 12.4 Å². The second-order valence-electron chi connectivity index (χ2n) is 3.80. The monoisotopic (exact) mass is 347 g/mol. The Balaban J connectivity index is 0.00000400. The van der Waals surface area contributed by atoms with Gasteiger partial charge in [-0.25, -0.2) is 4.39 Å². The van der Waals surface area contributed by atoms with Gasteiger partial charge in [0.1, 0.15) is 11.9 Å². The van der Waals surface area contributed by atoms with E-state index in [9.17, 15) is 39.5 Å². The van der Waals surface area contributed by atoms with Crippen molar-refractivity contribution in [3.63, 3.8) is 0 Å². The van der Waals surface area contributed by atoms with Crippen molar-refractivity contribution in [3.05, 3.63) is 35.1 Å². The summed E-state index contributed by atoms with van der Waals surface area (Å²) in [6, 6.07) is -2.25. The first-order chi connectivity index (χ1) is 8.80. The predicted octanol–water partition coefficient (Wildman–Crippen LogP) is 4.46. The van der Waals surface area contributed by atoms with E-state index >= 15 is 0 Å². The van der Waals surface area contributed by atoms with Crippen molar-refractivity contribution in [2.75, 3.05) is 0 Å². The molecule has 0 fully saturated rings. The maximum Gasteiger partial charge on any atom is 0.455 e. The highest BCUT2D eigenvalue weighted by atomic mass is 35.5. The van der Waals surface area contributed by atoms with Crippen LogP contribution in [-0.2, 0) is 6.18 Å². The van der Waals surface area contributed by atoms with Crippen LogP contribution in [0, 0.1) is 5.82 Å². The van der Waals surface area contributed by atoms with Crippen molar-refractivity contribution in [3.8, 4) is 0 Å². The van der Waals surface area contributed by atoms with Gasteiger partial charge in [-0.05, 0) is 6.07 Å². The number of alkyl halides is 8. The average molecular weight is 348 g/mol. The molecule has 1 atom stereocenters. The summed E-state index contributed by atoms with van der Waals surface area (Å²) in [5, 5.41) is 0. The van der Waals surface area contributed by atoms with Crippen LogP contribution < -0.4 is 5.73 Å². The second kappa shape index (κ2) is 5.91. The first-order valence-corrected chi connectivity index (χ1v) is 4.86. The van der Waals surface area contributed by atoms with Crippen LogP contribution in [0.2, 0.25) is 0 Å². The van der Waals surface area contributed by atoms with Gasteiger partial charge in [-0.2, -0.15) is 35.1 Å². The van der Waals surface area contributed by atoms with Crippen LogP contribution in [0.5, 0.6) is 0 Å². The van der Waals surface area contributed by atoms with Gasteiger partial charge in [0.05, 0.1) is 5.56 Å². The highest BCUT2D eigenvalue weighted by molar-refractivity contribution is 5.85. The number of hydrogen-bond acceptors (Lipinski definition) is 1. The van der Waals surface area contributed by atoms with Gasteiger partial charge in [0.15, 0.2) is 0 Å². The molecule has 0 aliphatic rings. The van der Waals surface area contributed by atoms with Crippen LogP contribution in [0.25, 0.3) is 0 Å². The molecule has 0 bridgehead atoms. The molecule has 0 radical (unpaired) electrons. The van der Waals surface area contributed by atoms with Gasteiger partial charge in [-0.15, -0.1) is 12.4 Å². The van der Waals surface area contributed by atoms with Gasteiger partial charge in [-0.1, -0.05) is 12.1 Å². The van der Waals surface area contributed by atoms with Gasteiger partial charge >= 0.3 is 18.3 Å². The summed E-state index contributed by atoms with van der Waals surface area (Å²) in [6.45, 7) is 0. The maximum absolute atomic E-state index is 13.4. The molecule has 122 valence electrons. The molecule has 0 saturated carbocycles. The molecule has 1 rings (SSSR count). The van der Waals surface area contributed by atoms with E-state index in [0.717, 1.165) is 0 Å². The number of nitrogens with two attached hydrogens (primary N) is 1. The van der Waals surface area contributed by atoms with E-state index in [1.54, 1.807) is 0 Å². The zero-order valence-electron chi connectivity index (χ0n) is 9.70. The molecule has 2 N–H and O–H groups in total. The Labute approximate surface area is 118 Å². The van der Waals surface area contributed by atoms with E-state index in [-0.39, 0.29) is 18.5 Å². The third kappa shape index (κ3) is 3.73. The molecule has 21 heavy (non-hydrogen) atoms. The van der Waals surface area contributed by atoms with Gasteiger partial charge in [0.25, 0.3) is 0 Å². The summed E-state index contributed by atoms with van der Waals surface area (Å²) in [5.41, 5.74) is 1.06. The lowest BCUT2D eigenvalue weighted by molar-refractivity contribution is -0.291. The molecule has 0 aromatic heterocycles. The molecular weight excluding hydrogens is 341 g/mol. The molecule has 1 aromatic carbocycles. The number of benzene rings is 1. The third-order valence-electron chi connectivity index (χ3n) is 2.44. The van der Waals surface area contributed by atoms with E-state index in [1.165, 1.54) is 0 Å². The summed E-state index contributed by atoms with van der Waals surface area (Å²) in [6.07, 6.45) is -11.4. The smallest absolute Gasteiger partial charge is 0.319 e. The molecule has 0 aliphatic carbocycles. The third-order valence-corrected chi connectivity index (χ3v) is 2.44. The van der Waals surface area contributed by atoms with E-state index < -0.39 is 41.3 Å². The number of halogens is 10. The van der Waals surface area contributed by atoms with Crippen molar-refractivity contribution in [2.24, 2.45) is 5.73 Å². The molecule has 1 aromatic rings. The Hall–Kier alpha value is -1.16. The summed E-state index contributed by atoms with van der Waals surface area (Å²) >= 11 is 0. The lowest BCUT2D eigenvalue weighted by atomic mass is 9.98. The molecular formula is C10H7ClF9N. The molecule has 1 nitrogen and oxygen atoms in total. The quantitative estimate of drug-likeness (QED) is 0.785. The summed E-state index contributed by atoms with van der Waals surface area (Å²) in [4.78, 5) is 0. The van der Waals surface area contributed by atoms with Crippen LogP contribution in [0.3, 0.4) is 0 Å². The van der Waals surface area contributed by atoms with Crippen molar-refractivity contribution in [1.82, 2.24) is 0 Å². The Kier molecular flexibility index (Phi) is 5.59. The minimum atomic E-state index is -6.12. The van der Waals surface area contributed by atoms with Gasteiger partial charge < -0.3 is 5.73 Å². The fourth-order valence-corrected chi connectivity index (χ4v) is 1.38. The molecule has 0 aliphatic heterocycles. The van der Waals surface area contributed by atoms with E-state index in [1.807, 2.05) is 0 Å². The Morgan fingerprint density at radius 2 is 1.38 bits per heavy atom. The minimum Gasteiger partial charge on any atom is -0.319 e. The lowest BCUT2D eigenvalue weighted by Crippen LogP contribution is -2.46. The van der Waals surface area contributed by atoms with Crippen molar-refractivity contribution in [1.29, 1.82) is 0 Å². The molecule has 0 unspecified atom stereocenters. The SMILES string of the molecule is Cl.N[C@@H](c1cccc(C(F)(F)F)c1F)C(F)(F)C(F)(F)F. The van der Waals surface area contributed by atoms with Gasteiger partial charge in [-0.3, -0.25) is 0 Å². The molecule has 11 heteroatoms. The zero-order chi connectivity index (χ0) is 15.9. The standard InChI is InChI=1S/C10H6F9N.ClH/c11-6-4(2-1-3-5(6)9(14,15)16)7(20)8(12,13)10(17,18)19;/h1-3,7H,20H2;1H/t7-;/m0./s1. The number of rotatable bonds is 2. The summed E-state index contributed by atoms with van der Waals surface area (Å²) in [5.74, 6) is -7.82. The molecule has 0 amide bonds. The summed E-state index contributed by atoms with van der Waals surface area (Å²) in [7, 11) is 0. The normalized spacial score (nSPS) is 14.6. The molecule has 0 spiro atoms. The highest BCUT2D eigenvalue weighted by Crippen LogP contribution is 2.44. The fraction of sp³-hybridized carbons (Fsp3) is 0.400. The average Bonchev–Trinajstić information content (AvgIpc) is 2.25. The fourth-order valence-electron chi connectivity index (χ4n) is 1.38. The summed E-state index contributed by atoms with van der Waals surface area (Å²) < 4.78 is 112. The molecule has 0 saturated heterocycles. The van der Waals surface area contributed by atoms with Gasteiger partial charge in [0.2, 0.25) is 0 Å². The van der Waals surface area contributed by atoms with E-state index in [4.69, 9.17) is 0 Å². The Morgan fingerprint density at radius 1 is 0.905 bits per heavy atom. The Bertz CT molecular complexity index is 494. The van der Waals surface area contributed by atoms with Crippen molar-refractivity contribution in [2.45, 2.75) is 24.3 Å². The van der Waals surface area contributed by atoms with Crippen LogP contribution in [0.15, 0.2) is 18.2 Å². The second-order valence-corrected chi connectivity index (χ2v) is 3.80. The lowest BCUT2D eigenvalue weighted by Gasteiger charge is -2.26. The zero-order valence-corrected chi connectivity index (χ0v) is 10.5. The van der Waals surface area contributed by atoms with Gasteiger partial charge in [0, 0.05) is 5.56 Å². The van der Waals surface area contributed by atoms with Crippen LogP contribution in [0.4, 0.5) is 39.5 Å². The maximum atomic E-state index is 13.4. The topological polar surface area (TPSA) is 26.0 Å². The Morgan fingerprint density at radius 3 is 1.76 bits per heavy atom.